The molecule has 37 heavy (non-hydrogen) atoms. The molecule has 0 saturated carbocycles. The molecule has 0 aliphatic heterocycles. The van der Waals surface area contributed by atoms with Gasteiger partial charge in [0.15, 0.2) is 0 Å². The zero-order chi connectivity index (χ0) is 25.5. The molecule has 4 aromatic carbocycles. The average Bonchev–Trinajstić information content (AvgIpc) is 3.40. The number of anilines is 6. The summed E-state index contributed by atoms with van der Waals surface area (Å²) >= 11 is 1.70. The SMILES string of the molecule is C=COc1cccc(N(c2ccccc2)c2ccc(N(c3ccccc3)c3cccc(OC=C)c3)s2)c1. The van der Waals surface area contributed by atoms with Gasteiger partial charge in [0.05, 0.1) is 23.9 Å². The maximum Gasteiger partial charge on any atom is 0.128 e. The van der Waals surface area contributed by atoms with E-state index in [9.17, 15) is 0 Å². The van der Waals surface area contributed by atoms with E-state index in [-0.39, 0.29) is 0 Å². The normalized spacial score (nSPS) is 10.4. The van der Waals surface area contributed by atoms with Gasteiger partial charge in [0.25, 0.3) is 0 Å². The second-order valence-electron chi connectivity index (χ2n) is 8.02. The van der Waals surface area contributed by atoms with Crippen molar-refractivity contribution in [3.8, 4) is 11.5 Å². The first-order valence-corrected chi connectivity index (χ1v) is 12.6. The minimum atomic E-state index is 0.732. The van der Waals surface area contributed by atoms with Gasteiger partial charge < -0.3 is 19.3 Å². The molecule has 0 aliphatic rings. The predicted octanol–water partition coefficient (Wildman–Crippen LogP) is 9.73. The molecule has 0 saturated heterocycles. The van der Waals surface area contributed by atoms with Crippen LogP contribution in [-0.4, -0.2) is 0 Å². The zero-order valence-corrected chi connectivity index (χ0v) is 21.1. The maximum atomic E-state index is 5.57. The molecular formula is C32H26N2O2S. The summed E-state index contributed by atoms with van der Waals surface area (Å²) in [7, 11) is 0. The van der Waals surface area contributed by atoms with E-state index in [1.165, 1.54) is 12.5 Å². The third-order valence-corrected chi connectivity index (χ3v) is 6.69. The first-order chi connectivity index (χ1) is 18.3. The Balaban J connectivity index is 1.61. The number of thiophene rings is 1. The van der Waals surface area contributed by atoms with Gasteiger partial charge in [-0.2, -0.15) is 0 Å². The molecule has 1 aromatic heterocycles. The Morgan fingerprint density at radius 3 is 1.30 bits per heavy atom. The van der Waals surface area contributed by atoms with E-state index in [4.69, 9.17) is 9.47 Å². The Morgan fingerprint density at radius 1 is 0.486 bits per heavy atom. The van der Waals surface area contributed by atoms with Gasteiger partial charge in [-0.25, -0.2) is 0 Å². The topological polar surface area (TPSA) is 24.9 Å². The highest BCUT2D eigenvalue weighted by Crippen LogP contribution is 2.46. The van der Waals surface area contributed by atoms with E-state index in [1.807, 2.05) is 72.8 Å². The van der Waals surface area contributed by atoms with Crippen LogP contribution >= 0.6 is 11.3 Å². The second kappa shape index (κ2) is 11.3. The summed E-state index contributed by atoms with van der Waals surface area (Å²) < 4.78 is 11.1. The molecule has 0 spiro atoms. The Morgan fingerprint density at radius 2 is 0.892 bits per heavy atom. The largest absolute Gasteiger partial charge is 0.466 e. The number of hydrogen-bond donors (Lipinski definition) is 0. The van der Waals surface area contributed by atoms with E-state index in [0.29, 0.717) is 0 Å². The van der Waals surface area contributed by atoms with Gasteiger partial charge in [-0.05, 0) is 60.7 Å². The van der Waals surface area contributed by atoms with Gasteiger partial charge >= 0.3 is 0 Å². The van der Waals surface area contributed by atoms with Crippen molar-refractivity contribution in [3.63, 3.8) is 0 Å². The van der Waals surface area contributed by atoms with Crippen LogP contribution in [0.5, 0.6) is 11.5 Å². The summed E-state index contributed by atoms with van der Waals surface area (Å²) in [5, 5.41) is 2.13. The van der Waals surface area contributed by atoms with Crippen LogP contribution in [0.3, 0.4) is 0 Å². The van der Waals surface area contributed by atoms with Gasteiger partial charge in [-0.15, -0.1) is 0 Å². The van der Waals surface area contributed by atoms with Crippen molar-refractivity contribution >= 4 is 44.1 Å². The van der Waals surface area contributed by atoms with E-state index < -0.39 is 0 Å². The molecule has 0 amide bonds. The smallest absolute Gasteiger partial charge is 0.128 e. The number of nitrogens with zero attached hydrogens (tertiary/aromatic N) is 2. The molecule has 182 valence electrons. The van der Waals surface area contributed by atoms with Crippen molar-refractivity contribution in [2.24, 2.45) is 0 Å². The fraction of sp³-hybridized carbons (Fsp3) is 0. The summed E-state index contributed by atoms with van der Waals surface area (Å²) in [6, 6.07) is 40.9. The molecule has 5 heteroatoms. The summed E-state index contributed by atoms with van der Waals surface area (Å²) in [5.74, 6) is 1.46. The molecule has 0 fully saturated rings. The molecule has 5 aromatic rings. The first kappa shape index (κ1) is 24.0. The second-order valence-corrected chi connectivity index (χ2v) is 9.06. The monoisotopic (exact) mass is 502 g/mol. The zero-order valence-electron chi connectivity index (χ0n) is 20.2. The molecule has 0 bridgehead atoms. The lowest BCUT2D eigenvalue weighted by atomic mass is 10.2. The van der Waals surface area contributed by atoms with E-state index in [2.05, 4.69) is 71.5 Å². The number of benzene rings is 4. The van der Waals surface area contributed by atoms with Crippen LogP contribution in [0.4, 0.5) is 32.8 Å². The first-order valence-electron chi connectivity index (χ1n) is 11.8. The van der Waals surface area contributed by atoms with Crippen LogP contribution in [-0.2, 0) is 0 Å². The van der Waals surface area contributed by atoms with E-state index in [1.54, 1.807) is 11.3 Å². The molecule has 0 radical (unpaired) electrons. The Labute approximate surface area is 221 Å². The van der Waals surface area contributed by atoms with Crippen LogP contribution in [0, 0.1) is 0 Å². The Kier molecular flexibility index (Phi) is 7.34. The van der Waals surface area contributed by atoms with Crippen LogP contribution in [0.25, 0.3) is 0 Å². The molecule has 0 N–H and O–H groups in total. The van der Waals surface area contributed by atoms with Gasteiger partial charge in [0.2, 0.25) is 0 Å². The average molecular weight is 503 g/mol. The summed E-state index contributed by atoms with van der Waals surface area (Å²) in [4.78, 5) is 4.45. The number of ether oxygens (including phenoxy) is 2. The highest BCUT2D eigenvalue weighted by atomic mass is 32.1. The third-order valence-electron chi connectivity index (χ3n) is 5.64. The van der Waals surface area contributed by atoms with E-state index in [0.717, 1.165) is 44.3 Å². The third kappa shape index (κ3) is 5.42. The standard InChI is InChI=1S/C32H26N2O2S/c1-3-35-29-19-11-17-27(23-29)33(25-13-7-5-8-14-25)31-21-22-32(37-31)34(26-15-9-6-10-16-26)28-18-12-20-30(24-28)36-4-2/h3-24H,1-2H2. The van der Waals surface area contributed by atoms with Crippen molar-refractivity contribution in [1.29, 1.82) is 0 Å². The van der Waals surface area contributed by atoms with Gasteiger partial charge in [-0.3, -0.25) is 0 Å². The minimum Gasteiger partial charge on any atom is -0.466 e. The van der Waals surface area contributed by atoms with Crippen LogP contribution in [0.2, 0.25) is 0 Å². The lowest BCUT2D eigenvalue weighted by molar-refractivity contribution is 0.483. The van der Waals surface area contributed by atoms with Crippen molar-refractivity contribution in [3.05, 3.63) is 147 Å². The van der Waals surface area contributed by atoms with Crippen molar-refractivity contribution < 1.29 is 9.47 Å². The maximum absolute atomic E-state index is 5.57. The number of rotatable bonds is 10. The summed E-state index contributed by atoms with van der Waals surface area (Å²) in [6.07, 6.45) is 2.88. The highest BCUT2D eigenvalue weighted by Gasteiger charge is 2.20. The van der Waals surface area contributed by atoms with E-state index >= 15 is 0 Å². The molecule has 5 rings (SSSR count). The van der Waals surface area contributed by atoms with Crippen molar-refractivity contribution in [2.75, 3.05) is 9.80 Å². The molecule has 1 heterocycles. The molecule has 0 unspecified atom stereocenters. The molecule has 0 atom stereocenters. The molecule has 0 aliphatic carbocycles. The van der Waals surface area contributed by atoms with Gasteiger partial charge in [-0.1, -0.05) is 73.0 Å². The highest BCUT2D eigenvalue weighted by molar-refractivity contribution is 7.20. The predicted molar refractivity (Wildman–Crippen MR) is 155 cm³/mol. The lowest BCUT2D eigenvalue weighted by Crippen LogP contribution is -2.09. The van der Waals surface area contributed by atoms with Crippen molar-refractivity contribution in [1.82, 2.24) is 0 Å². The quantitative estimate of drug-likeness (QED) is 0.177. The summed E-state index contributed by atoms with van der Waals surface area (Å²) in [5.41, 5.74) is 4.09. The van der Waals surface area contributed by atoms with Crippen LogP contribution in [0.1, 0.15) is 0 Å². The fourth-order valence-corrected chi connectivity index (χ4v) is 5.19. The lowest BCUT2D eigenvalue weighted by Gasteiger charge is -2.25. The van der Waals surface area contributed by atoms with Crippen molar-refractivity contribution in [2.45, 2.75) is 0 Å². The Bertz CT molecular complexity index is 1370. The van der Waals surface area contributed by atoms with Crippen LogP contribution in [0.15, 0.2) is 147 Å². The fourth-order valence-electron chi connectivity index (χ4n) is 4.10. The molecular weight excluding hydrogens is 476 g/mol. The minimum absolute atomic E-state index is 0.732. The van der Waals surface area contributed by atoms with Crippen LogP contribution < -0.4 is 19.3 Å². The number of hydrogen-bond acceptors (Lipinski definition) is 5. The number of para-hydroxylation sites is 2. The molecule has 4 nitrogen and oxygen atoms in total. The van der Waals surface area contributed by atoms with Gasteiger partial charge in [0.1, 0.15) is 21.5 Å². The Hall–Kier alpha value is -4.74. The van der Waals surface area contributed by atoms with Gasteiger partial charge in [0, 0.05) is 23.5 Å². The summed E-state index contributed by atoms with van der Waals surface area (Å²) in [6.45, 7) is 7.38.